The van der Waals surface area contributed by atoms with Crippen LogP contribution in [0.5, 0.6) is 0 Å². The minimum Gasteiger partial charge on any atom is -0.368 e. The van der Waals surface area contributed by atoms with Gasteiger partial charge in [0.1, 0.15) is 5.54 Å². The predicted molar refractivity (Wildman–Crippen MR) is 75.2 cm³/mol. The standard InChI is InChI=1S/C13H26N2OS/c1-3-5-9-17-10-13(12(14)16,11-6-7-11)15-8-4-2/h11,15H,3-10H2,1-2H3,(H2,14,16). The Kier molecular flexibility index (Phi) is 6.34. The molecular formula is C13H26N2OS. The molecule has 1 saturated carbocycles. The Morgan fingerprint density at radius 3 is 2.59 bits per heavy atom. The Morgan fingerprint density at radius 1 is 1.41 bits per heavy atom. The zero-order valence-corrected chi connectivity index (χ0v) is 11.9. The van der Waals surface area contributed by atoms with E-state index in [-0.39, 0.29) is 5.91 Å². The van der Waals surface area contributed by atoms with Crippen molar-refractivity contribution in [3.63, 3.8) is 0 Å². The molecule has 1 aliphatic rings. The molecular weight excluding hydrogens is 232 g/mol. The molecule has 1 amide bonds. The van der Waals surface area contributed by atoms with E-state index in [1.807, 2.05) is 11.8 Å². The van der Waals surface area contributed by atoms with Crippen molar-refractivity contribution < 1.29 is 4.79 Å². The molecule has 1 unspecified atom stereocenters. The molecule has 0 spiro atoms. The summed E-state index contributed by atoms with van der Waals surface area (Å²) in [6.07, 6.45) is 5.77. The fraction of sp³-hybridized carbons (Fsp3) is 0.923. The van der Waals surface area contributed by atoms with Crippen molar-refractivity contribution in [3.05, 3.63) is 0 Å². The highest BCUT2D eigenvalue weighted by molar-refractivity contribution is 7.99. The summed E-state index contributed by atoms with van der Waals surface area (Å²) in [6.45, 7) is 5.20. The minimum atomic E-state index is -0.436. The van der Waals surface area contributed by atoms with Crippen LogP contribution in [0.15, 0.2) is 0 Å². The van der Waals surface area contributed by atoms with Gasteiger partial charge in [0.2, 0.25) is 5.91 Å². The number of hydrogen-bond acceptors (Lipinski definition) is 3. The molecule has 0 bridgehead atoms. The van der Waals surface area contributed by atoms with E-state index in [1.165, 1.54) is 12.8 Å². The molecule has 0 heterocycles. The number of amides is 1. The van der Waals surface area contributed by atoms with Crippen molar-refractivity contribution in [3.8, 4) is 0 Å². The van der Waals surface area contributed by atoms with Crippen molar-refractivity contribution >= 4 is 17.7 Å². The van der Waals surface area contributed by atoms with Crippen LogP contribution in [0.1, 0.15) is 46.0 Å². The van der Waals surface area contributed by atoms with Crippen LogP contribution in [0.4, 0.5) is 0 Å². The molecule has 4 heteroatoms. The zero-order chi connectivity index (χ0) is 12.7. The molecule has 1 rings (SSSR count). The molecule has 1 aliphatic carbocycles. The number of unbranched alkanes of at least 4 members (excludes halogenated alkanes) is 1. The second-order valence-corrected chi connectivity index (χ2v) is 6.05. The summed E-state index contributed by atoms with van der Waals surface area (Å²) in [5.41, 5.74) is 5.22. The van der Waals surface area contributed by atoms with Crippen LogP contribution >= 0.6 is 11.8 Å². The number of nitrogens with one attached hydrogen (secondary N) is 1. The van der Waals surface area contributed by atoms with E-state index in [0.29, 0.717) is 5.92 Å². The van der Waals surface area contributed by atoms with Crippen molar-refractivity contribution in [1.29, 1.82) is 0 Å². The summed E-state index contributed by atoms with van der Waals surface area (Å²) < 4.78 is 0. The van der Waals surface area contributed by atoms with Gasteiger partial charge in [-0.2, -0.15) is 11.8 Å². The van der Waals surface area contributed by atoms with Gasteiger partial charge in [-0.05, 0) is 43.9 Å². The molecule has 0 aromatic carbocycles. The van der Waals surface area contributed by atoms with Gasteiger partial charge in [0.05, 0.1) is 0 Å². The largest absolute Gasteiger partial charge is 0.368 e. The van der Waals surface area contributed by atoms with Crippen LogP contribution in [-0.2, 0) is 4.79 Å². The lowest BCUT2D eigenvalue weighted by atomic mass is 9.94. The van der Waals surface area contributed by atoms with Crippen LogP contribution in [-0.4, -0.2) is 29.5 Å². The predicted octanol–water partition coefficient (Wildman–Crippen LogP) is 2.15. The molecule has 1 fully saturated rings. The molecule has 1 atom stereocenters. The smallest absolute Gasteiger partial charge is 0.238 e. The number of carbonyl (C=O) groups is 1. The summed E-state index contributed by atoms with van der Waals surface area (Å²) in [7, 11) is 0. The van der Waals surface area contributed by atoms with Gasteiger partial charge in [0, 0.05) is 5.75 Å². The Hall–Kier alpha value is -0.220. The average molecular weight is 258 g/mol. The van der Waals surface area contributed by atoms with Gasteiger partial charge in [0.15, 0.2) is 0 Å². The van der Waals surface area contributed by atoms with Crippen LogP contribution < -0.4 is 11.1 Å². The van der Waals surface area contributed by atoms with Crippen molar-refractivity contribution in [2.75, 3.05) is 18.1 Å². The van der Waals surface area contributed by atoms with Gasteiger partial charge in [0.25, 0.3) is 0 Å². The lowest BCUT2D eigenvalue weighted by Gasteiger charge is -2.31. The highest BCUT2D eigenvalue weighted by Crippen LogP contribution is 2.41. The molecule has 3 N–H and O–H groups in total. The molecule has 0 saturated heterocycles. The van der Waals surface area contributed by atoms with Crippen molar-refractivity contribution in [2.24, 2.45) is 11.7 Å². The normalized spacial score (nSPS) is 18.9. The van der Waals surface area contributed by atoms with E-state index in [1.54, 1.807) is 0 Å². The van der Waals surface area contributed by atoms with E-state index < -0.39 is 5.54 Å². The molecule has 17 heavy (non-hydrogen) atoms. The Bertz CT molecular complexity index is 244. The number of hydrogen-bond donors (Lipinski definition) is 2. The van der Waals surface area contributed by atoms with E-state index in [0.717, 1.165) is 37.3 Å². The van der Waals surface area contributed by atoms with Crippen molar-refractivity contribution in [2.45, 2.75) is 51.5 Å². The second-order valence-electron chi connectivity index (χ2n) is 4.94. The van der Waals surface area contributed by atoms with Crippen molar-refractivity contribution in [1.82, 2.24) is 5.32 Å². The van der Waals surface area contributed by atoms with Crippen LogP contribution in [0.3, 0.4) is 0 Å². The Balaban J connectivity index is 2.52. The maximum atomic E-state index is 11.8. The Morgan fingerprint density at radius 2 is 2.12 bits per heavy atom. The molecule has 100 valence electrons. The third kappa shape index (κ3) is 4.18. The minimum absolute atomic E-state index is 0.155. The monoisotopic (exact) mass is 258 g/mol. The lowest BCUT2D eigenvalue weighted by Crippen LogP contribution is -2.59. The van der Waals surface area contributed by atoms with Gasteiger partial charge in [-0.3, -0.25) is 4.79 Å². The van der Waals surface area contributed by atoms with Gasteiger partial charge in [-0.15, -0.1) is 0 Å². The molecule has 0 aromatic rings. The average Bonchev–Trinajstić information content (AvgIpc) is 3.12. The highest BCUT2D eigenvalue weighted by Gasteiger charge is 2.49. The first kappa shape index (κ1) is 14.8. The first-order valence-corrected chi connectivity index (χ1v) is 7.95. The molecule has 0 radical (unpaired) electrons. The van der Waals surface area contributed by atoms with Crippen LogP contribution in [0.25, 0.3) is 0 Å². The third-order valence-electron chi connectivity index (χ3n) is 3.38. The van der Waals surface area contributed by atoms with E-state index in [9.17, 15) is 4.79 Å². The number of nitrogens with two attached hydrogens (primary N) is 1. The highest BCUT2D eigenvalue weighted by atomic mass is 32.2. The van der Waals surface area contributed by atoms with Crippen LogP contribution in [0.2, 0.25) is 0 Å². The number of thioether (sulfide) groups is 1. The van der Waals surface area contributed by atoms with Crippen LogP contribution in [0, 0.1) is 5.92 Å². The first-order chi connectivity index (χ1) is 8.17. The summed E-state index contributed by atoms with van der Waals surface area (Å²) in [5.74, 6) is 2.29. The Labute approximate surface area is 109 Å². The van der Waals surface area contributed by atoms with E-state index >= 15 is 0 Å². The maximum Gasteiger partial charge on any atom is 0.238 e. The van der Waals surface area contributed by atoms with Gasteiger partial charge in [-0.25, -0.2) is 0 Å². The van der Waals surface area contributed by atoms with E-state index in [2.05, 4.69) is 19.2 Å². The first-order valence-electron chi connectivity index (χ1n) is 6.80. The summed E-state index contributed by atoms with van der Waals surface area (Å²) in [5, 5.41) is 3.43. The topological polar surface area (TPSA) is 55.1 Å². The molecule has 0 aromatic heterocycles. The second kappa shape index (κ2) is 7.27. The van der Waals surface area contributed by atoms with Gasteiger partial charge < -0.3 is 11.1 Å². The zero-order valence-electron chi connectivity index (χ0n) is 11.1. The van der Waals surface area contributed by atoms with E-state index in [4.69, 9.17) is 5.73 Å². The lowest BCUT2D eigenvalue weighted by molar-refractivity contribution is -0.124. The fourth-order valence-corrected chi connectivity index (χ4v) is 3.52. The number of carbonyl (C=O) groups excluding carboxylic acids is 1. The summed E-state index contributed by atoms with van der Waals surface area (Å²) in [6, 6.07) is 0. The molecule has 3 nitrogen and oxygen atoms in total. The SMILES string of the molecule is CCCCSCC(NCCC)(C(N)=O)C1CC1. The maximum absolute atomic E-state index is 11.8. The number of primary amides is 1. The quantitative estimate of drug-likeness (QED) is 0.590. The summed E-state index contributed by atoms with van der Waals surface area (Å²) >= 11 is 1.87. The van der Waals surface area contributed by atoms with Gasteiger partial charge in [-0.1, -0.05) is 20.3 Å². The summed E-state index contributed by atoms with van der Waals surface area (Å²) in [4.78, 5) is 11.8. The molecule has 0 aliphatic heterocycles. The third-order valence-corrected chi connectivity index (χ3v) is 4.61. The van der Waals surface area contributed by atoms with Gasteiger partial charge >= 0.3 is 0 Å². The fourth-order valence-electron chi connectivity index (χ4n) is 2.08. The number of rotatable bonds is 10.